The summed E-state index contributed by atoms with van der Waals surface area (Å²) in [7, 11) is 1.79. The van der Waals surface area contributed by atoms with Crippen molar-refractivity contribution in [3.63, 3.8) is 0 Å². The molecule has 2 heterocycles. The first kappa shape index (κ1) is 16.5. The van der Waals surface area contributed by atoms with Crippen LogP contribution in [-0.4, -0.2) is 40.6 Å². The maximum atomic E-state index is 4.55. The van der Waals surface area contributed by atoms with E-state index in [9.17, 15) is 0 Å². The predicted octanol–water partition coefficient (Wildman–Crippen LogP) is 1.75. The van der Waals surface area contributed by atoms with Gasteiger partial charge >= 0.3 is 0 Å². The molecule has 2 aromatic rings. The quantitative estimate of drug-likeness (QED) is 0.463. The SMILES string of the molecule is CN=C(NCCCn1ccnc1)NCCc1nc(C)c(C)s1. The van der Waals surface area contributed by atoms with Gasteiger partial charge in [-0.2, -0.15) is 0 Å². The van der Waals surface area contributed by atoms with Crippen molar-refractivity contribution in [1.29, 1.82) is 0 Å². The highest BCUT2D eigenvalue weighted by molar-refractivity contribution is 7.11. The average Bonchev–Trinajstić information content (AvgIpc) is 3.12. The number of aliphatic imine (C=N–C) groups is 1. The third kappa shape index (κ3) is 5.14. The summed E-state index contributed by atoms with van der Waals surface area (Å²) < 4.78 is 2.07. The minimum absolute atomic E-state index is 0.841. The van der Waals surface area contributed by atoms with Gasteiger partial charge in [0.25, 0.3) is 0 Å². The zero-order chi connectivity index (χ0) is 15.8. The summed E-state index contributed by atoms with van der Waals surface area (Å²) in [6, 6.07) is 0. The van der Waals surface area contributed by atoms with Gasteiger partial charge in [-0.3, -0.25) is 4.99 Å². The first-order chi connectivity index (χ1) is 10.7. The van der Waals surface area contributed by atoms with Crippen LogP contribution >= 0.6 is 11.3 Å². The van der Waals surface area contributed by atoms with Crippen molar-refractivity contribution in [1.82, 2.24) is 25.2 Å². The highest BCUT2D eigenvalue weighted by atomic mass is 32.1. The largest absolute Gasteiger partial charge is 0.356 e. The number of rotatable bonds is 7. The van der Waals surface area contributed by atoms with Crippen molar-refractivity contribution >= 4 is 17.3 Å². The third-order valence-electron chi connectivity index (χ3n) is 3.37. The second kappa shape index (κ2) is 8.53. The molecule has 0 unspecified atom stereocenters. The predicted molar refractivity (Wildman–Crippen MR) is 91.5 cm³/mol. The minimum Gasteiger partial charge on any atom is -0.356 e. The lowest BCUT2D eigenvalue weighted by Gasteiger charge is -2.11. The van der Waals surface area contributed by atoms with Crippen LogP contribution in [0, 0.1) is 13.8 Å². The molecule has 0 saturated heterocycles. The molecule has 120 valence electrons. The maximum absolute atomic E-state index is 4.55. The van der Waals surface area contributed by atoms with Crippen LogP contribution in [0.1, 0.15) is 22.0 Å². The Bertz CT molecular complexity index is 568. The maximum Gasteiger partial charge on any atom is 0.190 e. The fourth-order valence-corrected chi connectivity index (χ4v) is 2.98. The molecule has 2 rings (SSSR count). The van der Waals surface area contributed by atoms with Crippen LogP contribution in [0.2, 0.25) is 0 Å². The molecule has 22 heavy (non-hydrogen) atoms. The van der Waals surface area contributed by atoms with Crippen LogP contribution in [0.4, 0.5) is 0 Å². The number of aryl methyl sites for hydroxylation is 3. The standard InChI is InChI=1S/C15H24N6S/c1-12-13(2)22-14(20-12)5-7-19-15(16-3)18-6-4-9-21-10-8-17-11-21/h8,10-11H,4-7,9H2,1-3H3,(H2,16,18,19). The van der Waals surface area contributed by atoms with E-state index in [1.54, 1.807) is 24.6 Å². The lowest BCUT2D eigenvalue weighted by Crippen LogP contribution is -2.38. The molecule has 0 aliphatic rings. The fourth-order valence-electron chi connectivity index (χ4n) is 2.04. The Hall–Kier alpha value is -1.89. The molecule has 6 nitrogen and oxygen atoms in total. The van der Waals surface area contributed by atoms with E-state index in [2.05, 4.69) is 44.0 Å². The van der Waals surface area contributed by atoms with Crippen LogP contribution in [0.25, 0.3) is 0 Å². The molecule has 0 aliphatic heterocycles. The van der Waals surface area contributed by atoms with Crippen molar-refractivity contribution in [2.24, 2.45) is 4.99 Å². The van der Waals surface area contributed by atoms with Gasteiger partial charge in [0.15, 0.2) is 5.96 Å². The molecule has 2 N–H and O–H groups in total. The highest BCUT2D eigenvalue weighted by Crippen LogP contribution is 2.16. The summed E-state index contributed by atoms with van der Waals surface area (Å²) in [5.74, 6) is 0.843. The van der Waals surface area contributed by atoms with E-state index < -0.39 is 0 Å². The Labute approximate surface area is 135 Å². The molecule has 0 bridgehead atoms. The molecule has 7 heteroatoms. The van der Waals surface area contributed by atoms with Crippen LogP contribution in [0.5, 0.6) is 0 Å². The second-order valence-electron chi connectivity index (χ2n) is 5.08. The Morgan fingerprint density at radius 1 is 1.32 bits per heavy atom. The topological polar surface area (TPSA) is 67.1 Å². The van der Waals surface area contributed by atoms with E-state index in [0.29, 0.717) is 0 Å². The molecule has 0 amide bonds. The van der Waals surface area contributed by atoms with Crippen molar-refractivity contribution in [3.8, 4) is 0 Å². The molecular formula is C15H24N6S. The van der Waals surface area contributed by atoms with Crippen molar-refractivity contribution in [2.45, 2.75) is 33.2 Å². The zero-order valence-corrected chi connectivity index (χ0v) is 14.3. The number of hydrogen-bond donors (Lipinski definition) is 2. The number of aromatic nitrogens is 3. The summed E-state index contributed by atoms with van der Waals surface area (Å²) in [4.78, 5) is 14.1. The van der Waals surface area contributed by atoms with E-state index in [1.807, 2.05) is 12.5 Å². The van der Waals surface area contributed by atoms with E-state index in [1.165, 1.54) is 9.88 Å². The van der Waals surface area contributed by atoms with Gasteiger partial charge < -0.3 is 15.2 Å². The summed E-state index contributed by atoms with van der Waals surface area (Å²) >= 11 is 1.77. The molecule has 0 aliphatic carbocycles. The van der Waals surface area contributed by atoms with Crippen LogP contribution in [-0.2, 0) is 13.0 Å². The summed E-state index contributed by atoms with van der Waals surface area (Å²) in [6.07, 6.45) is 7.57. The van der Waals surface area contributed by atoms with Gasteiger partial charge in [0.2, 0.25) is 0 Å². The van der Waals surface area contributed by atoms with E-state index in [4.69, 9.17) is 0 Å². The van der Waals surface area contributed by atoms with E-state index in [-0.39, 0.29) is 0 Å². The van der Waals surface area contributed by atoms with Gasteiger partial charge in [0, 0.05) is 50.4 Å². The summed E-state index contributed by atoms with van der Waals surface area (Å²) in [5, 5.41) is 7.83. The van der Waals surface area contributed by atoms with Crippen LogP contribution in [0.3, 0.4) is 0 Å². The Morgan fingerprint density at radius 3 is 2.77 bits per heavy atom. The number of thiazole rings is 1. The molecule has 0 aromatic carbocycles. The number of guanidine groups is 1. The van der Waals surface area contributed by atoms with Crippen molar-refractivity contribution in [2.75, 3.05) is 20.1 Å². The molecular weight excluding hydrogens is 296 g/mol. The van der Waals surface area contributed by atoms with E-state index >= 15 is 0 Å². The Balaban J connectivity index is 1.62. The first-order valence-corrected chi connectivity index (χ1v) is 8.34. The van der Waals surface area contributed by atoms with Crippen LogP contribution in [0.15, 0.2) is 23.7 Å². The van der Waals surface area contributed by atoms with E-state index in [0.717, 1.165) is 44.1 Å². The minimum atomic E-state index is 0.841. The van der Waals surface area contributed by atoms with Gasteiger partial charge in [-0.05, 0) is 20.3 Å². The van der Waals surface area contributed by atoms with Gasteiger partial charge in [-0.25, -0.2) is 9.97 Å². The smallest absolute Gasteiger partial charge is 0.190 e. The number of nitrogens with one attached hydrogen (secondary N) is 2. The lowest BCUT2D eigenvalue weighted by molar-refractivity contribution is 0.624. The summed E-state index contributed by atoms with van der Waals surface area (Å²) in [5.41, 5.74) is 1.14. The van der Waals surface area contributed by atoms with Crippen LogP contribution < -0.4 is 10.6 Å². The fraction of sp³-hybridized carbons (Fsp3) is 0.533. The molecule has 0 fully saturated rings. The highest BCUT2D eigenvalue weighted by Gasteiger charge is 2.04. The Kier molecular flexibility index (Phi) is 6.39. The zero-order valence-electron chi connectivity index (χ0n) is 13.5. The average molecular weight is 320 g/mol. The molecule has 0 spiro atoms. The number of imidazole rings is 1. The molecule has 0 radical (unpaired) electrons. The monoisotopic (exact) mass is 320 g/mol. The Morgan fingerprint density at radius 2 is 2.14 bits per heavy atom. The summed E-state index contributed by atoms with van der Waals surface area (Å²) in [6.45, 7) is 6.86. The molecule has 0 atom stereocenters. The normalized spacial score (nSPS) is 11.7. The number of hydrogen-bond acceptors (Lipinski definition) is 4. The number of nitrogens with zero attached hydrogens (tertiary/aromatic N) is 4. The lowest BCUT2D eigenvalue weighted by atomic mass is 10.4. The second-order valence-corrected chi connectivity index (χ2v) is 6.37. The van der Waals surface area contributed by atoms with Gasteiger partial charge in [0.05, 0.1) is 17.0 Å². The van der Waals surface area contributed by atoms with Crippen molar-refractivity contribution in [3.05, 3.63) is 34.3 Å². The van der Waals surface area contributed by atoms with Gasteiger partial charge in [0.1, 0.15) is 0 Å². The molecule has 0 saturated carbocycles. The molecule has 2 aromatic heterocycles. The van der Waals surface area contributed by atoms with Gasteiger partial charge in [-0.1, -0.05) is 0 Å². The first-order valence-electron chi connectivity index (χ1n) is 7.52. The van der Waals surface area contributed by atoms with Gasteiger partial charge in [-0.15, -0.1) is 11.3 Å². The van der Waals surface area contributed by atoms with Crippen molar-refractivity contribution < 1.29 is 0 Å². The third-order valence-corrected chi connectivity index (χ3v) is 4.51.